The summed E-state index contributed by atoms with van der Waals surface area (Å²) < 4.78 is 1.10. The van der Waals surface area contributed by atoms with Crippen LogP contribution in [0.5, 0.6) is 0 Å². The van der Waals surface area contributed by atoms with E-state index in [-0.39, 0.29) is 0 Å². The molecular weight excluding hydrogens is 304 g/mol. The zero-order chi connectivity index (χ0) is 19.0. The maximum Gasteiger partial charge on any atom is 0.0781 e. The Hall–Kier alpha value is -0.0800. The SMILES string of the molecule is CCCCCCCCCCCCN(CCC)C(C)CCC[N+](C)(C)C. The van der Waals surface area contributed by atoms with E-state index in [1.165, 1.54) is 103 Å². The average Bonchev–Trinajstić information content (AvgIpc) is 2.54. The number of hydrogen-bond acceptors (Lipinski definition) is 1. The van der Waals surface area contributed by atoms with Crippen molar-refractivity contribution in [2.75, 3.05) is 40.8 Å². The van der Waals surface area contributed by atoms with Gasteiger partial charge in [-0.2, -0.15) is 0 Å². The van der Waals surface area contributed by atoms with Crippen LogP contribution >= 0.6 is 0 Å². The molecule has 0 aliphatic carbocycles. The van der Waals surface area contributed by atoms with E-state index in [4.69, 9.17) is 0 Å². The summed E-state index contributed by atoms with van der Waals surface area (Å²) in [6.07, 6.45) is 18.4. The standard InChI is InChI=1S/C23H51N2/c1-7-9-10-11-12-13-14-15-16-17-21-24(20-8-2)23(3)19-18-22-25(4,5)6/h23H,7-22H2,1-6H3/q+1. The Kier molecular flexibility index (Phi) is 16.1. The lowest BCUT2D eigenvalue weighted by Gasteiger charge is -2.30. The molecule has 0 bridgehead atoms. The Morgan fingerprint density at radius 1 is 0.640 bits per heavy atom. The van der Waals surface area contributed by atoms with Crippen molar-refractivity contribution in [1.82, 2.24) is 4.90 Å². The molecule has 0 amide bonds. The summed E-state index contributed by atoms with van der Waals surface area (Å²) in [6.45, 7) is 11.0. The van der Waals surface area contributed by atoms with Gasteiger partial charge in [-0.3, -0.25) is 0 Å². The van der Waals surface area contributed by atoms with E-state index in [9.17, 15) is 0 Å². The molecule has 0 heterocycles. The largest absolute Gasteiger partial charge is 0.331 e. The van der Waals surface area contributed by atoms with Crippen molar-refractivity contribution in [2.24, 2.45) is 0 Å². The van der Waals surface area contributed by atoms with Crippen LogP contribution in [-0.2, 0) is 0 Å². The van der Waals surface area contributed by atoms with Gasteiger partial charge in [0.1, 0.15) is 0 Å². The van der Waals surface area contributed by atoms with Crippen LogP contribution in [0, 0.1) is 0 Å². The predicted octanol–water partition coefficient (Wildman–Crippen LogP) is 6.49. The van der Waals surface area contributed by atoms with E-state index in [2.05, 4.69) is 46.8 Å². The Morgan fingerprint density at radius 2 is 1.16 bits per heavy atom. The Bertz CT molecular complexity index is 270. The van der Waals surface area contributed by atoms with E-state index < -0.39 is 0 Å². The molecule has 25 heavy (non-hydrogen) atoms. The van der Waals surface area contributed by atoms with Crippen molar-refractivity contribution >= 4 is 0 Å². The molecule has 0 fully saturated rings. The molecule has 1 unspecified atom stereocenters. The molecule has 0 N–H and O–H groups in total. The molecule has 0 aromatic rings. The average molecular weight is 356 g/mol. The molecule has 0 aliphatic heterocycles. The van der Waals surface area contributed by atoms with Crippen molar-refractivity contribution in [3.63, 3.8) is 0 Å². The molecule has 0 spiro atoms. The second-order valence-electron chi connectivity index (χ2n) is 9.22. The van der Waals surface area contributed by atoms with E-state index in [0.717, 1.165) is 10.5 Å². The summed E-state index contributed by atoms with van der Waals surface area (Å²) >= 11 is 0. The minimum absolute atomic E-state index is 0.755. The summed E-state index contributed by atoms with van der Waals surface area (Å²) in [5, 5.41) is 0. The van der Waals surface area contributed by atoms with Gasteiger partial charge in [0.05, 0.1) is 27.7 Å². The monoisotopic (exact) mass is 355 g/mol. The lowest BCUT2D eigenvalue weighted by Crippen LogP contribution is -2.38. The van der Waals surface area contributed by atoms with Crippen LogP contribution in [0.25, 0.3) is 0 Å². The first-order valence-corrected chi connectivity index (χ1v) is 11.4. The lowest BCUT2D eigenvalue weighted by molar-refractivity contribution is -0.870. The molecular formula is C23H51N2+. The summed E-state index contributed by atoms with van der Waals surface area (Å²) in [7, 11) is 6.91. The number of hydrogen-bond donors (Lipinski definition) is 0. The Morgan fingerprint density at radius 3 is 1.64 bits per heavy atom. The molecule has 1 atom stereocenters. The number of unbranched alkanes of at least 4 members (excludes halogenated alkanes) is 9. The summed E-state index contributed by atoms with van der Waals surface area (Å²) in [5.74, 6) is 0. The molecule has 2 heteroatoms. The van der Waals surface area contributed by atoms with Gasteiger partial charge in [-0.1, -0.05) is 71.6 Å². The van der Waals surface area contributed by atoms with Crippen molar-refractivity contribution in [2.45, 2.75) is 110 Å². The van der Waals surface area contributed by atoms with Crippen LogP contribution in [0.2, 0.25) is 0 Å². The van der Waals surface area contributed by atoms with Crippen LogP contribution in [0.1, 0.15) is 104 Å². The zero-order valence-corrected chi connectivity index (χ0v) is 18.8. The first kappa shape index (κ1) is 24.9. The molecule has 0 saturated heterocycles. The van der Waals surface area contributed by atoms with Crippen LogP contribution in [0.3, 0.4) is 0 Å². The quantitative estimate of drug-likeness (QED) is 0.200. The maximum atomic E-state index is 2.75. The van der Waals surface area contributed by atoms with E-state index in [1.807, 2.05) is 0 Å². The van der Waals surface area contributed by atoms with Gasteiger partial charge in [0.25, 0.3) is 0 Å². The predicted molar refractivity (Wildman–Crippen MR) is 115 cm³/mol. The molecule has 0 aliphatic rings. The van der Waals surface area contributed by atoms with Crippen LogP contribution in [0.4, 0.5) is 0 Å². The Labute approximate surface area is 160 Å². The third kappa shape index (κ3) is 17.1. The summed E-state index contributed by atoms with van der Waals surface area (Å²) in [5.41, 5.74) is 0. The maximum absolute atomic E-state index is 2.75. The minimum Gasteiger partial charge on any atom is -0.331 e. The van der Waals surface area contributed by atoms with Crippen molar-refractivity contribution in [3.05, 3.63) is 0 Å². The topological polar surface area (TPSA) is 3.24 Å². The van der Waals surface area contributed by atoms with Gasteiger partial charge in [0.2, 0.25) is 0 Å². The number of nitrogens with zero attached hydrogens (tertiary/aromatic N) is 2. The van der Waals surface area contributed by atoms with Crippen LogP contribution < -0.4 is 0 Å². The van der Waals surface area contributed by atoms with Gasteiger partial charge in [0, 0.05) is 6.04 Å². The molecule has 152 valence electrons. The molecule has 0 saturated carbocycles. The van der Waals surface area contributed by atoms with Crippen LogP contribution in [-0.4, -0.2) is 56.2 Å². The highest BCUT2D eigenvalue weighted by Gasteiger charge is 2.14. The highest BCUT2D eigenvalue weighted by molar-refractivity contribution is 4.67. The second kappa shape index (κ2) is 16.1. The fourth-order valence-corrected chi connectivity index (χ4v) is 3.69. The van der Waals surface area contributed by atoms with E-state index in [0.29, 0.717) is 0 Å². The fourth-order valence-electron chi connectivity index (χ4n) is 3.69. The van der Waals surface area contributed by atoms with Crippen molar-refractivity contribution in [1.29, 1.82) is 0 Å². The highest BCUT2D eigenvalue weighted by atomic mass is 15.3. The third-order valence-electron chi connectivity index (χ3n) is 5.38. The second-order valence-corrected chi connectivity index (χ2v) is 9.22. The van der Waals surface area contributed by atoms with E-state index >= 15 is 0 Å². The summed E-state index contributed by atoms with van der Waals surface area (Å²) in [4.78, 5) is 2.75. The number of rotatable bonds is 18. The van der Waals surface area contributed by atoms with Gasteiger partial charge >= 0.3 is 0 Å². The first-order valence-electron chi connectivity index (χ1n) is 11.4. The first-order chi connectivity index (χ1) is 11.9. The van der Waals surface area contributed by atoms with Gasteiger partial charge < -0.3 is 9.38 Å². The zero-order valence-electron chi connectivity index (χ0n) is 18.8. The van der Waals surface area contributed by atoms with Gasteiger partial charge in [0.15, 0.2) is 0 Å². The summed E-state index contributed by atoms with van der Waals surface area (Å²) in [6, 6.07) is 0.755. The van der Waals surface area contributed by atoms with Gasteiger partial charge in [-0.25, -0.2) is 0 Å². The molecule has 0 aromatic carbocycles. The minimum atomic E-state index is 0.755. The van der Waals surface area contributed by atoms with Crippen molar-refractivity contribution in [3.8, 4) is 0 Å². The van der Waals surface area contributed by atoms with Gasteiger partial charge in [-0.05, 0) is 45.7 Å². The molecule has 0 aromatic heterocycles. The smallest absolute Gasteiger partial charge is 0.0781 e. The van der Waals surface area contributed by atoms with Crippen molar-refractivity contribution < 1.29 is 4.48 Å². The fraction of sp³-hybridized carbons (Fsp3) is 1.00. The highest BCUT2D eigenvalue weighted by Crippen LogP contribution is 2.13. The van der Waals surface area contributed by atoms with Crippen LogP contribution in [0.15, 0.2) is 0 Å². The third-order valence-corrected chi connectivity index (χ3v) is 5.38. The van der Waals surface area contributed by atoms with Gasteiger partial charge in [-0.15, -0.1) is 0 Å². The van der Waals surface area contributed by atoms with E-state index in [1.54, 1.807) is 0 Å². The Balaban J connectivity index is 3.71. The molecule has 0 rings (SSSR count). The number of quaternary nitrogens is 1. The molecule has 0 radical (unpaired) electrons. The molecule has 2 nitrogen and oxygen atoms in total. The lowest BCUT2D eigenvalue weighted by atomic mass is 10.1. The normalized spacial score (nSPS) is 13.6.